The van der Waals surface area contributed by atoms with E-state index in [4.69, 9.17) is 5.73 Å². The van der Waals surface area contributed by atoms with E-state index in [0.29, 0.717) is 5.92 Å². The number of hydrogen-bond acceptors (Lipinski definition) is 4. The summed E-state index contributed by atoms with van der Waals surface area (Å²) in [6.07, 6.45) is 1.96. The third kappa shape index (κ3) is 2.46. The molecule has 2 rings (SSSR count). The molecule has 0 aromatic rings. The normalized spacial score (nSPS) is 36.4. The number of carbonyl (C=O) groups excluding carboxylic acids is 1. The fourth-order valence-corrected chi connectivity index (χ4v) is 3.12. The summed E-state index contributed by atoms with van der Waals surface area (Å²) in [6.45, 7) is 4.90. The van der Waals surface area contributed by atoms with Gasteiger partial charge in [0.1, 0.15) is 5.54 Å². The first-order valence-electron chi connectivity index (χ1n) is 6.46. The zero-order chi connectivity index (χ0) is 12.5. The minimum Gasteiger partial charge on any atom is -0.368 e. The van der Waals surface area contributed by atoms with E-state index in [1.165, 1.54) is 0 Å². The third-order valence-electron chi connectivity index (χ3n) is 4.23. The van der Waals surface area contributed by atoms with Gasteiger partial charge in [-0.15, -0.1) is 0 Å². The number of hydrogen-bond donors (Lipinski definition) is 2. The van der Waals surface area contributed by atoms with Crippen LogP contribution >= 0.6 is 0 Å². The van der Waals surface area contributed by atoms with Gasteiger partial charge in [-0.25, -0.2) is 0 Å². The molecule has 0 aliphatic carbocycles. The van der Waals surface area contributed by atoms with Crippen molar-refractivity contribution in [2.75, 3.05) is 46.8 Å². The van der Waals surface area contributed by atoms with Crippen molar-refractivity contribution in [1.82, 2.24) is 15.1 Å². The Balaban J connectivity index is 2.02. The first-order chi connectivity index (χ1) is 8.04. The van der Waals surface area contributed by atoms with Crippen LogP contribution in [0.1, 0.15) is 12.8 Å². The van der Waals surface area contributed by atoms with Gasteiger partial charge >= 0.3 is 0 Å². The van der Waals surface area contributed by atoms with Crippen LogP contribution in [0.25, 0.3) is 0 Å². The van der Waals surface area contributed by atoms with Gasteiger partial charge in [0, 0.05) is 32.1 Å². The average molecular weight is 240 g/mol. The maximum absolute atomic E-state index is 11.9. The number of primary amides is 1. The van der Waals surface area contributed by atoms with E-state index >= 15 is 0 Å². The van der Waals surface area contributed by atoms with Gasteiger partial charge in [-0.1, -0.05) is 0 Å². The highest BCUT2D eigenvalue weighted by Gasteiger charge is 2.49. The van der Waals surface area contributed by atoms with Crippen LogP contribution in [0.3, 0.4) is 0 Å². The van der Waals surface area contributed by atoms with E-state index in [2.05, 4.69) is 15.1 Å². The maximum Gasteiger partial charge on any atom is 0.238 e. The average Bonchev–Trinajstić information content (AvgIpc) is 2.65. The lowest BCUT2D eigenvalue weighted by atomic mass is 9.78. The highest BCUT2D eigenvalue weighted by Crippen LogP contribution is 2.35. The molecule has 0 saturated carbocycles. The van der Waals surface area contributed by atoms with Gasteiger partial charge in [0.25, 0.3) is 0 Å². The Morgan fingerprint density at radius 3 is 2.94 bits per heavy atom. The first-order valence-corrected chi connectivity index (χ1v) is 6.46. The molecule has 0 aromatic carbocycles. The molecule has 3 atom stereocenters. The van der Waals surface area contributed by atoms with Crippen molar-refractivity contribution in [3.05, 3.63) is 0 Å². The zero-order valence-electron chi connectivity index (χ0n) is 10.9. The molecule has 5 nitrogen and oxygen atoms in total. The SMILES string of the molecule is CN(C)CCNC1(C(N)=O)CCN2CCC1C2. The number of nitrogens with two attached hydrogens (primary N) is 1. The number of fused-ring (bicyclic) bond motifs is 2. The smallest absolute Gasteiger partial charge is 0.238 e. The largest absolute Gasteiger partial charge is 0.368 e. The molecule has 0 spiro atoms. The van der Waals surface area contributed by atoms with Crippen molar-refractivity contribution in [3.8, 4) is 0 Å². The third-order valence-corrected chi connectivity index (χ3v) is 4.23. The summed E-state index contributed by atoms with van der Waals surface area (Å²) in [7, 11) is 4.08. The van der Waals surface area contributed by atoms with Crippen LogP contribution in [0, 0.1) is 5.92 Å². The Morgan fingerprint density at radius 1 is 1.53 bits per heavy atom. The minimum atomic E-state index is -0.455. The van der Waals surface area contributed by atoms with Gasteiger partial charge in [-0.2, -0.15) is 0 Å². The number of rotatable bonds is 5. The fraction of sp³-hybridized carbons (Fsp3) is 0.917. The van der Waals surface area contributed by atoms with Crippen molar-refractivity contribution in [2.45, 2.75) is 18.4 Å². The van der Waals surface area contributed by atoms with Gasteiger partial charge in [0.05, 0.1) is 0 Å². The second-order valence-corrected chi connectivity index (χ2v) is 5.60. The maximum atomic E-state index is 11.9. The molecule has 2 aliphatic rings. The molecule has 3 unspecified atom stereocenters. The highest BCUT2D eigenvalue weighted by atomic mass is 16.1. The van der Waals surface area contributed by atoms with Crippen LogP contribution in [0.15, 0.2) is 0 Å². The summed E-state index contributed by atoms with van der Waals surface area (Å²) >= 11 is 0. The Hall–Kier alpha value is -0.650. The molecular weight excluding hydrogens is 216 g/mol. The van der Waals surface area contributed by atoms with Gasteiger partial charge < -0.3 is 20.9 Å². The van der Waals surface area contributed by atoms with Crippen molar-refractivity contribution in [1.29, 1.82) is 0 Å². The van der Waals surface area contributed by atoms with Crippen LogP contribution in [0.5, 0.6) is 0 Å². The lowest BCUT2D eigenvalue weighted by molar-refractivity contribution is -0.128. The molecule has 2 aliphatic heterocycles. The Labute approximate surface area is 103 Å². The standard InChI is InChI=1S/C12H24N4O/c1-15(2)8-5-14-12(11(13)17)4-7-16-6-3-10(12)9-16/h10,14H,3-9H2,1-2H3,(H2,13,17). The summed E-state index contributed by atoms with van der Waals surface area (Å²) in [6, 6.07) is 0. The van der Waals surface area contributed by atoms with Crippen LogP contribution in [0.2, 0.25) is 0 Å². The van der Waals surface area contributed by atoms with Crippen LogP contribution in [-0.2, 0) is 4.79 Å². The van der Waals surface area contributed by atoms with E-state index in [1.54, 1.807) is 0 Å². The number of piperidine rings is 1. The van der Waals surface area contributed by atoms with Crippen LogP contribution in [0.4, 0.5) is 0 Å². The molecule has 0 aromatic heterocycles. The number of nitrogens with one attached hydrogen (secondary N) is 1. The molecule has 2 heterocycles. The molecule has 0 radical (unpaired) electrons. The van der Waals surface area contributed by atoms with E-state index < -0.39 is 5.54 Å². The Bertz CT molecular complexity index is 294. The summed E-state index contributed by atoms with van der Waals surface area (Å²) < 4.78 is 0. The van der Waals surface area contributed by atoms with Gasteiger partial charge in [-0.3, -0.25) is 4.79 Å². The van der Waals surface area contributed by atoms with Crippen LogP contribution < -0.4 is 11.1 Å². The van der Waals surface area contributed by atoms with E-state index in [0.717, 1.165) is 45.6 Å². The molecule has 5 heteroatoms. The molecule has 2 fully saturated rings. The van der Waals surface area contributed by atoms with Crippen molar-refractivity contribution >= 4 is 5.91 Å². The number of amides is 1. The van der Waals surface area contributed by atoms with E-state index in [9.17, 15) is 4.79 Å². The predicted octanol–water partition coefficient (Wildman–Crippen LogP) is -0.913. The molecule has 1 amide bonds. The van der Waals surface area contributed by atoms with E-state index in [-0.39, 0.29) is 5.91 Å². The van der Waals surface area contributed by atoms with Gasteiger partial charge in [-0.05, 0) is 33.5 Å². The summed E-state index contributed by atoms with van der Waals surface area (Å²) in [5, 5.41) is 3.45. The molecular formula is C12H24N4O. The minimum absolute atomic E-state index is 0.164. The Kier molecular flexibility index (Phi) is 3.70. The predicted molar refractivity (Wildman–Crippen MR) is 67.6 cm³/mol. The first kappa shape index (κ1) is 12.8. The number of likely N-dealkylation sites (N-methyl/N-ethyl adjacent to an activating group) is 1. The number of nitrogens with zero attached hydrogens (tertiary/aromatic N) is 2. The highest BCUT2D eigenvalue weighted by molar-refractivity contribution is 5.85. The Morgan fingerprint density at radius 2 is 2.29 bits per heavy atom. The summed E-state index contributed by atoms with van der Waals surface area (Å²) in [5.74, 6) is 0.235. The monoisotopic (exact) mass is 240 g/mol. The lowest BCUT2D eigenvalue weighted by Gasteiger charge is -2.41. The quantitative estimate of drug-likeness (QED) is 0.653. The van der Waals surface area contributed by atoms with Gasteiger partial charge in [0.2, 0.25) is 5.91 Å². The lowest BCUT2D eigenvalue weighted by Crippen LogP contribution is -2.64. The molecule has 17 heavy (non-hydrogen) atoms. The molecule has 2 bridgehead atoms. The fourth-order valence-electron chi connectivity index (χ4n) is 3.12. The molecule has 2 saturated heterocycles. The van der Waals surface area contributed by atoms with Crippen molar-refractivity contribution < 1.29 is 4.79 Å². The second-order valence-electron chi connectivity index (χ2n) is 5.60. The van der Waals surface area contributed by atoms with Crippen LogP contribution in [-0.4, -0.2) is 68.1 Å². The molecule has 3 N–H and O–H groups in total. The summed E-state index contributed by atoms with van der Waals surface area (Å²) in [5.41, 5.74) is 5.21. The zero-order valence-corrected chi connectivity index (χ0v) is 10.9. The van der Waals surface area contributed by atoms with Crippen molar-refractivity contribution in [3.63, 3.8) is 0 Å². The van der Waals surface area contributed by atoms with Crippen molar-refractivity contribution in [2.24, 2.45) is 11.7 Å². The van der Waals surface area contributed by atoms with E-state index in [1.807, 2.05) is 14.1 Å². The number of carbonyl (C=O) groups is 1. The summed E-state index contributed by atoms with van der Waals surface area (Å²) in [4.78, 5) is 16.4. The second kappa shape index (κ2) is 4.92. The topological polar surface area (TPSA) is 61.6 Å². The molecule has 98 valence electrons. The van der Waals surface area contributed by atoms with Gasteiger partial charge in [0.15, 0.2) is 0 Å².